The van der Waals surface area contributed by atoms with Gasteiger partial charge in [0.1, 0.15) is 60.4 Å². The maximum Gasteiger partial charge on any atom is 0.245 e. The highest BCUT2D eigenvalue weighted by Gasteiger charge is 2.37. The molecule has 1 saturated heterocycles. The Hall–Kier alpha value is -6.11. The maximum atomic E-state index is 14.4. The van der Waals surface area contributed by atoms with Crippen LogP contribution in [0.1, 0.15) is 139 Å². The van der Waals surface area contributed by atoms with Crippen LogP contribution in [0.15, 0.2) is 0 Å². The molecule has 1 rings (SSSR count). The molecule has 0 spiro atoms. The van der Waals surface area contributed by atoms with Crippen molar-refractivity contribution in [1.82, 2.24) is 58.5 Å². The first-order valence-corrected chi connectivity index (χ1v) is 28.8. The molecule has 0 saturated carbocycles. The fourth-order valence-electron chi connectivity index (χ4n) is 8.76. The second-order valence-electron chi connectivity index (χ2n) is 22.0. The van der Waals surface area contributed by atoms with Crippen molar-refractivity contribution in [2.75, 3.05) is 39.3 Å². The first-order valence-electron chi connectivity index (χ1n) is 28.8. The molecule has 0 aromatic rings. The van der Waals surface area contributed by atoms with E-state index >= 15 is 0 Å². The minimum absolute atomic E-state index is 0.0131. The molecular weight excluding hydrogens is 1070 g/mol. The maximum absolute atomic E-state index is 14.4. The van der Waals surface area contributed by atoms with Gasteiger partial charge in [0.15, 0.2) is 0 Å². The van der Waals surface area contributed by atoms with Crippen LogP contribution >= 0.6 is 0 Å². The van der Waals surface area contributed by atoms with Crippen molar-refractivity contribution >= 4 is 65.0 Å². The Morgan fingerprint density at radius 1 is 0.524 bits per heavy atom. The summed E-state index contributed by atoms with van der Waals surface area (Å²) in [6.45, 7) is 12.6. The van der Waals surface area contributed by atoms with Gasteiger partial charge in [-0.15, -0.1) is 0 Å². The smallest absolute Gasteiger partial charge is 0.245 e. The molecule has 0 aromatic carbocycles. The number of carbonyl (C=O) groups is 11. The molecule has 0 radical (unpaired) electrons. The van der Waals surface area contributed by atoms with Crippen LogP contribution in [0.25, 0.3) is 0 Å². The molecule has 0 unspecified atom stereocenters. The number of aliphatic hydroxyl groups excluding tert-OH is 2. The summed E-state index contributed by atoms with van der Waals surface area (Å²) in [6.07, 6.45) is -0.760. The summed E-state index contributed by atoms with van der Waals surface area (Å²) in [6, 6.07) is -14.5. The lowest BCUT2D eigenvalue weighted by molar-refractivity contribution is -0.137. The second kappa shape index (κ2) is 39.4. The summed E-state index contributed by atoms with van der Waals surface area (Å²) in [5.41, 5.74) is 29.2. The SMILES string of the molecule is CC[C@H](C)CCCCC(=O)N[C@@H](CCN)C(=O)N[C@H](C(=O)N[C@@H](CCN)C(=O)N[C@H]1CCNC(=O)[C@@H]([C@H](C)O)NC(=O)[C@H](CCN)NC(=O)[C@H](CCN)NC(=O)[C@H](CC(C)C)NC(=O)[C@@H](CC(C)C)NC(=O)[C@H](CCN)NC1=O)[C@@H](C)O. The zero-order valence-corrected chi connectivity index (χ0v) is 49.4. The zero-order valence-electron chi connectivity index (χ0n) is 49.4. The van der Waals surface area contributed by atoms with E-state index in [4.69, 9.17) is 28.7 Å². The highest BCUT2D eigenvalue weighted by molar-refractivity contribution is 5.99. The number of nitrogens with one attached hydrogen (secondary N) is 11. The van der Waals surface area contributed by atoms with E-state index in [2.05, 4.69) is 72.3 Å². The van der Waals surface area contributed by atoms with Gasteiger partial charge in [0, 0.05) is 13.0 Å². The molecule has 470 valence electrons. The standard InChI is InChI=1S/C53H100N16O13/c1-9-30(6)12-10-11-13-41(72)60-33(14-20-54)48(77)69-43(32(8)71)53(82)65-36(17-23-57)45(74)64-38-19-25-59-52(81)42(31(7)70)68-49(78)37(18-24-58)62-44(73)34(15-21-55)63-50(79)39(26-28(2)3)67-51(80)40(27-29(4)5)66-46(75)35(16-22-56)61-47(38)76/h28-40,42-43,70-71H,9-27,54-58H2,1-8H3,(H,59,81)(H,60,72)(H,61,76)(H,62,73)(H,63,79)(H,64,74)(H,65,82)(H,66,75)(H,67,80)(H,68,78)(H,69,77)/t30-,31-,32+,33-,34-,35-,36-,37-,38-,39-,40+,42+,43-/m0/s1. The minimum Gasteiger partial charge on any atom is -0.391 e. The lowest BCUT2D eigenvalue weighted by atomic mass is 9.99. The molecule has 23 N–H and O–H groups in total. The van der Waals surface area contributed by atoms with E-state index in [0.717, 1.165) is 19.3 Å². The fourth-order valence-corrected chi connectivity index (χ4v) is 8.76. The van der Waals surface area contributed by atoms with E-state index < -0.39 is 151 Å². The third-order valence-electron chi connectivity index (χ3n) is 13.7. The van der Waals surface area contributed by atoms with Crippen LogP contribution in [0.5, 0.6) is 0 Å². The molecule has 13 atom stereocenters. The number of nitrogens with two attached hydrogens (primary N) is 5. The molecule has 1 heterocycles. The molecule has 1 aliphatic rings. The predicted octanol–water partition coefficient (Wildman–Crippen LogP) is -5.44. The molecule has 0 bridgehead atoms. The van der Waals surface area contributed by atoms with Crippen molar-refractivity contribution in [3.63, 3.8) is 0 Å². The van der Waals surface area contributed by atoms with Gasteiger partial charge in [0.2, 0.25) is 65.0 Å². The summed E-state index contributed by atoms with van der Waals surface area (Å²) in [5, 5.41) is 49.5. The van der Waals surface area contributed by atoms with Crippen molar-refractivity contribution < 1.29 is 63.0 Å². The minimum atomic E-state index is -1.69. The number of unbranched alkanes of at least 4 members (excludes halogenated alkanes) is 1. The lowest BCUT2D eigenvalue weighted by Crippen LogP contribution is -2.62. The third-order valence-corrected chi connectivity index (χ3v) is 13.7. The van der Waals surface area contributed by atoms with Gasteiger partial charge in [-0.2, -0.15) is 0 Å². The van der Waals surface area contributed by atoms with Gasteiger partial charge in [0.05, 0.1) is 12.2 Å². The van der Waals surface area contributed by atoms with Crippen molar-refractivity contribution in [3.8, 4) is 0 Å². The Balaban J connectivity index is 3.81. The molecule has 29 heteroatoms. The number of hydrogen-bond donors (Lipinski definition) is 18. The van der Waals surface area contributed by atoms with Gasteiger partial charge in [0.25, 0.3) is 0 Å². The van der Waals surface area contributed by atoms with E-state index in [-0.39, 0.29) is 95.9 Å². The first kappa shape index (κ1) is 73.9. The summed E-state index contributed by atoms with van der Waals surface area (Å²) in [5.74, 6) is -9.49. The van der Waals surface area contributed by atoms with Crippen LogP contribution in [0.2, 0.25) is 0 Å². The largest absolute Gasteiger partial charge is 0.391 e. The number of hydrogen-bond acceptors (Lipinski definition) is 18. The van der Waals surface area contributed by atoms with Gasteiger partial charge in [-0.3, -0.25) is 52.7 Å². The van der Waals surface area contributed by atoms with Crippen LogP contribution < -0.4 is 87.2 Å². The topological polar surface area (TPSA) is 491 Å². The van der Waals surface area contributed by atoms with Gasteiger partial charge in [-0.25, -0.2) is 0 Å². The van der Waals surface area contributed by atoms with Gasteiger partial charge in [-0.05, 0) is 122 Å². The fraction of sp³-hybridized carbons (Fsp3) is 0.792. The highest BCUT2D eigenvalue weighted by atomic mass is 16.3. The zero-order chi connectivity index (χ0) is 62.2. The average molecular weight is 1170 g/mol. The van der Waals surface area contributed by atoms with Crippen LogP contribution in [-0.2, 0) is 52.7 Å². The predicted molar refractivity (Wildman–Crippen MR) is 305 cm³/mol. The van der Waals surface area contributed by atoms with Gasteiger partial charge >= 0.3 is 0 Å². The summed E-state index contributed by atoms with van der Waals surface area (Å²) in [4.78, 5) is 153. The Bertz CT molecular complexity index is 2070. The second-order valence-corrected chi connectivity index (χ2v) is 22.0. The summed E-state index contributed by atoms with van der Waals surface area (Å²) >= 11 is 0. The summed E-state index contributed by atoms with van der Waals surface area (Å²) < 4.78 is 0. The summed E-state index contributed by atoms with van der Waals surface area (Å²) in [7, 11) is 0. The molecule has 1 fully saturated rings. The van der Waals surface area contributed by atoms with Crippen LogP contribution in [0.4, 0.5) is 0 Å². The van der Waals surface area contributed by atoms with Crippen LogP contribution in [0, 0.1) is 17.8 Å². The molecule has 1 aliphatic heterocycles. The third kappa shape index (κ3) is 27.3. The van der Waals surface area contributed by atoms with E-state index in [1.54, 1.807) is 27.7 Å². The Morgan fingerprint density at radius 3 is 1.39 bits per heavy atom. The van der Waals surface area contributed by atoms with Crippen molar-refractivity contribution in [3.05, 3.63) is 0 Å². The van der Waals surface area contributed by atoms with Gasteiger partial charge < -0.3 is 97.4 Å². The Kier molecular flexibility index (Phi) is 35.5. The molecule has 11 amide bonds. The average Bonchev–Trinajstić information content (AvgIpc) is 3.41. The van der Waals surface area contributed by atoms with Gasteiger partial charge in [-0.1, -0.05) is 60.8 Å². The number of rotatable bonds is 29. The van der Waals surface area contributed by atoms with Crippen LogP contribution in [-0.4, -0.2) is 187 Å². The molecule has 0 aromatic heterocycles. The number of amides is 11. The molecule has 29 nitrogen and oxygen atoms in total. The first-order chi connectivity index (χ1) is 38.7. The van der Waals surface area contributed by atoms with E-state index in [1.807, 2.05) is 0 Å². The van der Waals surface area contributed by atoms with Crippen molar-refractivity contribution in [1.29, 1.82) is 0 Å². The highest BCUT2D eigenvalue weighted by Crippen LogP contribution is 2.14. The Morgan fingerprint density at radius 2 is 0.963 bits per heavy atom. The Labute approximate surface area is 482 Å². The van der Waals surface area contributed by atoms with Crippen LogP contribution in [0.3, 0.4) is 0 Å². The van der Waals surface area contributed by atoms with E-state index in [9.17, 15) is 63.0 Å². The normalized spacial score (nSPS) is 23.4. The van der Waals surface area contributed by atoms with E-state index in [1.165, 1.54) is 13.8 Å². The molecule has 82 heavy (non-hydrogen) atoms. The van der Waals surface area contributed by atoms with E-state index in [0.29, 0.717) is 12.3 Å². The number of aliphatic hydroxyl groups is 2. The van der Waals surface area contributed by atoms with Crippen molar-refractivity contribution in [2.45, 2.75) is 211 Å². The quantitative estimate of drug-likeness (QED) is 0.0311. The lowest BCUT2D eigenvalue weighted by Gasteiger charge is -2.29. The molecule has 0 aliphatic carbocycles. The monoisotopic (exact) mass is 1170 g/mol. The molecular formula is C53H100N16O13. The number of carbonyl (C=O) groups excluding carboxylic acids is 11. The van der Waals surface area contributed by atoms with Crippen molar-refractivity contribution in [2.24, 2.45) is 46.4 Å².